The molecule has 1 aliphatic rings. The standard InChI is InChI=1S/C17H14ClF2N3O3/c18-11-3-4-14(15(7-11)23(25)26)21-16(24)9-22-5-1-2-10-6-12(19)8-13(20)17(10)22/h3-4,6-8H,1-2,5,9H2,(H,21,24). The van der Waals surface area contributed by atoms with Crippen LogP contribution in [0.5, 0.6) is 0 Å². The van der Waals surface area contributed by atoms with Gasteiger partial charge in [-0.1, -0.05) is 11.6 Å². The molecule has 0 radical (unpaired) electrons. The molecule has 0 aromatic heterocycles. The molecule has 1 amide bonds. The highest BCUT2D eigenvalue weighted by Crippen LogP contribution is 2.31. The van der Waals surface area contributed by atoms with Crippen molar-refractivity contribution in [1.29, 1.82) is 0 Å². The first-order valence-electron chi connectivity index (χ1n) is 7.82. The van der Waals surface area contributed by atoms with Crippen LogP contribution in [0, 0.1) is 21.7 Å². The predicted molar refractivity (Wildman–Crippen MR) is 93.6 cm³/mol. The quantitative estimate of drug-likeness (QED) is 0.643. The summed E-state index contributed by atoms with van der Waals surface area (Å²) < 4.78 is 27.5. The van der Waals surface area contributed by atoms with Crippen LogP contribution >= 0.6 is 11.6 Å². The van der Waals surface area contributed by atoms with E-state index < -0.39 is 22.5 Å². The van der Waals surface area contributed by atoms with Gasteiger partial charge in [-0.25, -0.2) is 8.78 Å². The van der Waals surface area contributed by atoms with Crippen molar-refractivity contribution >= 4 is 34.6 Å². The minimum Gasteiger partial charge on any atom is -0.360 e. The van der Waals surface area contributed by atoms with E-state index in [4.69, 9.17) is 11.6 Å². The van der Waals surface area contributed by atoms with Crippen LogP contribution in [-0.2, 0) is 11.2 Å². The molecule has 6 nitrogen and oxygen atoms in total. The average molecular weight is 382 g/mol. The summed E-state index contributed by atoms with van der Waals surface area (Å²) in [5, 5.41) is 13.7. The van der Waals surface area contributed by atoms with Gasteiger partial charge >= 0.3 is 0 Å². The zero-order chi connectivity index (χ0) is 18.8. The van der Waals surface area contributed by atoms with E-state index in [2.05, 4.69) is 5.32 Å². The molecule has 0 bridgehead atoms. The maximum atomic E-state index is 14.2. The van der Waals surface area contributed by atoms with Gasteiger partial charge in [-0.2, -0.15) is 0 Å². The van der Waals surface area contributed by atoms with Gasteiger partial charge in [0.1, 0.15) is 17.3 Å². The van der Waals surface area contributed by atoms with Crippen LogP contribution in [0.15, 0.2) is 30.3 Å². The van der Waals surface area contributed by atoms with Crippen molar-refractivity contribution in [3.05, 3.63) is 62.7 Å². The number of nitrogens with zero attached hydrogens (tertiary/aromatic N) is 2. The van der Waals surface area contributed by atoms with Crippen LogP contribution < -0.4 is 10.2 Å². The number of nitro benzene ring substituents is 1. The van der Waals surface area contributed by atoms with Gasteiger partial charge < -0.3 is 10.2 Å². The first-order chi connectivity index (χ1) is 12.3. The molecule has 1 aliphatic heterocycles. The fourth-order valence-corrected chi connectivity index (χ4v) is 3.19. The molecule has 2 aromatic carbocycles. The summed E-state index contributed by atoms with van der Waals surface area (Å²) in [5.74, 6) is -1.94. The van der Waals surface area contributed by atoms with Crippen LogP contribution in [0.2, 0.25) is 5.02 Å². The Bertz CT molecular complexity index is 892. The average Bonchev–Trinajstić information content (AvgIpc) is 2.55. The number of anilines is 2. The molecule has 0 aliphatic carbocycles. The normalized spacial score (nSPS) is 13.3. The zero-order valence-electron chi connectivity index (χ0n) is 13.5. The van der Waals surface area contributed by atoms with Gasteiger partial charge in [-0.3, -0.25) is 14.9 Å². The number of aryl methyl sites for hydroxylation is 1. The van der Waals surface area contributed by atoms with Crippen LogP contribution in [-0.4, -0.2) is 23.9 Å². The van der Waals surface area contributed by atoms with E-state index in [9.17, 15) is 23.7 Å². The Morgan fingerprint density at radius 2 is 2.08 bits per heavy atom. The number of carbonyl (C=O) groups is 1. The summed E-state index contributed by atoms with van der Waals surface area (Å²) >= 11 is 5.74. The Labute approximate surface area is 152 Å². The maximum Gasteiger partial charge on any atom is 0.294 e. The number of fused-ring (bicyclic) bond motifs is 1. The van der Waals surface area contributed by atoms with Crippen molar-refractivity contribution in [3.63, 3.8) is 0 Å². The molecule has 0 saturated heterocycles. The molecule has 0 fully saturated rings. The number of hydrogen-bond acceptors (Lipinski definition) is 4. The van der Waals surface area contributed by atoms with E-state index in [1.807, 2.05) is 0 Å². The molecule has 26 heavy (non-hydrogen) atoms. The Kier molecular flexibility index (Phi) is 5.03. The van der Waals surface area contributed by atoms with Crippen molar-refractivity contribution in [2.24, 2.45) is 0 Å². The van der Waals surface area contributed by atoms with E-state index >= 15 is 0 Å². The first-order valence-corrected chi connectivity index (χ1v) is 8.19. The van der Waals surface area contributed by atoms with Crippen molar-refractivity contribution in [2.75, 3.05) is 23.3 Å². The molecular formula is C17H14ClF2N3O3. The van der Waals surface area contributed by atoms with Gasteiger partial charge in [0, 0.05) is 23.7 Å². The van der Waals surface area contributed by atoms with Crippen molar-refractivity contribution in [1.82, 2.24) is 0 Å². The molecular weight excluding hydrogens is 368 g/mol. The molecule has 2 aromatic rings. The van der Waals surface area contributed by atoms with Gasteiger partial charge in [-0.15, -0.1) is 0 Å². The summed E-state index contributed by atoms with van der Waals surface area (Å²) in [4.78, 5) is 24.3. The Morgan fingerprint density at radius 3 is 2.81 bits per heavy atom. The number of halogens is 3. The lowest BCUT2D eigenvalue weighted by atomic mass is 10.0. The summed E-state index contributed by atoms with van der Waals surface area (Å²) in [5.41, 5.74) is 0.358. The monoisotopic (exact) mass is 381 g/mol. The zero-order valence-corrected chi connectivity index (χ0v) is 14.2. The lowest BCUT2D eigenvalue weighted by Gasteiger charge is -2.31. The molecule has 0 atom stereocenters. The fourth-order valence-electron chi connectivity index (χ4n) is 3.02. The molecule has 0 unspecified atom stereocenters. The minimum absolute atomic E-state index is 0.00112. The van der Waals surface area contributed by atoms with Gasteiger partial charge in [0.25, 0.3) is 5.69 Å². The topological polar surface area (TPSA) is 75.5 Å². The van der Waals surface area contributed by atoms with Crippen molar-refractivity contribution in [2.45, 2.75) is 12.8 Å². The highest BCUT2D eigenvalue weighted by molar-refractivity contribution is 6.31. The summed E-state index contributed by atoms with van der Waals surface area (Å²) in [6.07, 6.45) is 1.16. The molecule has 9 heteroatoms. The summed E-state index contributed by atoms with van der Waals surface area (Å²) in [6.45, 7) is 0.209. The van der Waals surface area contributed by atoms with Crippen molar-refractivity contribution in [3.8, 4) is 0 Å². The number of hydrogen-bond donors (Lipinski definition) is 1. The molecule has 1 heterocycles. The number of nitrogens with one attached hydrogen (secondary N) is 1. The fraction of sp³-hybridized carbons (Fsp3) is 0.235. The van der Waals surface area contributed by atoms with Gasteiger partial charge in [-0.05, 0) is 36.6 Å². The predicted octanol–water partition coefficient (Wildman–Crippen LogP) is 3.92. The van der Waals surface area contributed by atoms with Gasteiger partial charge in [0.05, 0.1) is 17.2 Å². The second-order valence-corrected chi connectivity index (χ2v) is 6.32. The smallest absolute Gasteiger partial charge is 0.294 e. The van der Waals surface area contributed by atoms with Gasteiger partial charge in [0.15, 0.2) is 0 Å². The lowest BCUT2D eigenvalue weighted by Crippen LogP contribution is -2.37. The molecule has 3 rings (SSSR count). The summed E-state index contributed by atoms with van der Waals surface area (Å²) in [7, 11) is 0. The Morgan fingerprint density at radius 1 is 1.31 bits per heavy atom. The van der Waals surface area contributed by atoms with E-state index in [1.165, 1.54) is 23.1 Å². The molecule has 0 saturated carbocycles. The third kappa shape index (κ3) is 3.75. The molecule has 0 spiro atoms. The highest BCUT2D eigenvalue weighted by Gasteiger charge is 2.24. The number of benzene rings is 2. The number of carbonyl (C=O) groups excluding carboxylic acids is 1. The molecule has 1 N–H and O–H groups in total. The van der Waals surface area contributed by atoms with E-state index in [-0.39, 0.29) is 28.6 Å². The Hall–Kier alpha value is -2.74. The molecule has 136 valence electrons. The number of amides is 1. The minimum atomic E-state index is -0.732. The van der Waals surface area contributed by atoms with Crippen LogP contribution in [0.25, 0.3) is 0 Å². The lowest BCUT2D eigenvalue weighted by molar-refractivity contribution is -0.383. The Balaban J connectivity index is 1.80. The number of nitro groups is 1. The van der Waals surface area contributed by atoms with Crippen LogP contribution in [0.1, 0.15) is 12.0 Å². The highest BCUT2D eigenvalue weighted by atomic mass is 35.5. The van der Waals surface area contributed by atoms with E-state index in [0.29, 0.717) is 24.9 Å². The third-order valence-electron chi connectivity index (χ3n) is 4.06. The number of rotatable bonds is 4. The third-order valence-corrected chi connectivity index (χ3v) is 4.30. The van der Waals surface area contributed by atoms with Crippen LogP contribution in [0.4, 0.5) is 25.8 Å². The van der Waals surface area contributed by atoms with Gasteiger partial charge in [0.2, 0.25) is 5.91 Å². The first kappa shape index (κ1) is 18.1. The second-order valence-electron chi connectivity index (χ2n) is 5.89. The SMILES string of the molecule is O=C(CN1CCCc2cc(F)cc(F)c21)Nc1ccc(Cl)cc1[N+](=O)[O-]. The van der Waals surface area contributed by atoms with E-state index in [0.717, 1.165) is 12.1 Å². The van der Waals surface area contributed by atoms with E-state index in [1.54, 1.807) is 0 Å². The second kappa shape index (κ2) is 7.25. The maximum absolute atomic E-state index is 14.2. The largest absolute Gasteiger partial charge is 0.360 e. The summed E-state index contributed by atoms with van der Waals surface area (Å²) in [6, 6.07) is 5.92. The van der Waals surface area contributed by atoms with Crippen LogP contribution in [0.3, 0.4) is 0 Å². The van der Waals surface area contributed by atoms with Crippen molar-refractivity contribution < 1.29 is 18.5 Å².